The zero-order valence-electron chi connectivity index (χ0n) is 14.4. The van der Waals surface area contributed by atoms with E-state index in [0.717, 1.165) is 21.6 Å². The Morgan fingerprint density at radius 1 is 1.26 bits per heavy atom. The SMILES string of the molecule is CCOC(=O)c1c(-c2ccc(Cl)cc2Cl)c2cccc3c2n(c1=O)CCS3. The van der Waals surface area contributed by atoms with E-state index in [4.69, 9.17) is 27.9 Å². The molecular formula is C20H15Cl2NO3S. The number of halogens is 2. The first-order valence-electron chi connectivity index (χ1n) is 8.47. The molecule has 1 aliphatic heterocycles. The number of nitrogens with zero attached hydrogens (tertiary/aromatic N) is 1. The van der Waals surface area contributed by atoms with Crippen molar-refractivity contribution < 1.29 is 9.53 Å². The molecule has 0 aliphatic carbocycles. The van der Waals surface area contributed by atoms with Crippen molar-refractivity contribution in [3.8, 4) is 11.1 Å². The second-order valence-electron chi connectivity index (χ2n) is 6.05. The molecule has 138 valence electrons. The smallest absolute Gasteiger partial charge is 0.344 e. The molecule has 7 heteroatoms. The van der Waals surface area contributed by atoms with Crippen LogP contribution < -0.4 is 5.56 Å². The highest BCUT2D eigenvalue weighted by Crippen LogP contribution is 2.40. The lowest BCUT2D eigenvalue weighted by Crippen LogP contribution is -2.31. The van der Waals surface area contributed by atoms with Gasteiger partial charge in [-0.2, -0.15) is 0 Å². The van der Waals surface area contributed by atoms with Crippen molar-refractivity contribution in [1.82, 2.24) is 4.57 Å². The third kappa shape index (κ3) is 3.04. The van der Waals surface area contributed by atoms with E-state index in [9.17, 15) is 9.59 Å². The normalized spacial score (nSPS) is 13.0. The zero-order valence-corrected chi connectivity index (χ0v) is 16.7. The van der Waals surface area contributed by atoms with Gasteiger partial charge in [0.05, 0.1) is 12.1 Å². The van der Waals surface area contributed by atoms with Gasteiger partial charge in [0.1, 0.15) is 5.56 Å². The molecule has 4 nitrogen and oxygen atoms in total. The zero-order chi connectivity index (χ0) is 19.1. The van der Waals surface area contributed by atoms with Gasteiger partial charge < -0.3 is 9.30 Å². The van der Waals surface area contributed by atoms with E-state index in [-0.39, 0.29) is 17.7 Å². The summed E-state index contributed by atoms with van der Waals surface area (Å²) in [6.07, 6.45) is 0. The molecular weight excluding hydrogens is 405 g/mol. The fourth-order valence-corrected chi connectivity index (χ4v) is 4.95. The highest BCUT2D eigenvalue weighted by atomic mass is 35.5. The molecule has 1 aromatic heterocycles. The minimum Gasteiger partial charge on any atom is -0.462 e. The molecule has 1 aliphatic rings. The Labute approximate surface area is 170 Å². The van der Waals surface area contributed by atoms with Gasteiger partial charge in [-0.25, -0.2) is 4.79 Å². The van der Waals surface area contributed by atoms with Gasteiger partial charge in [-0.3, -0.25) is 4.79 Å². The fraction of sp³-hybridized carbons (Fsp3) is 0.200. The summed E-state index contributed by atoms with van der Waals surface area (Å²) in [6, 6.07) is 10.8. The molecule has 0 atom stereocenters. The first-order valence-corrected chi connectivity index (χ1v) is 10.2. The average molecular weight is 420 g/mol. The third-order valence-electron chi connectivity index (χ3n) is 4.50. The Bertz CT molecular complexity index is 1140. The van der Waals surface area contributed by atoms with E-state index in [1.807, 2.05) is 18.2 Å². The van der Waals surface area contributed by atoms with E-state index in [1.54, 1.807) is 41.5 Å². The molecule has 4 rings (SSSR count). The topological polar surface area (TPSA) is 48.3 Å². The molecule has 0 amide bonds. The lowest BCUT2D eigenvalue weighted by molar-refractivity contribution is 0.0525. The molecule has 0 saturated carbocycles. The molecule has 0 bridgehead atoms. The fourth-order valence-electron chi connectivity index (χ4n) is 3.42. The maximum atomic E-state index is 13.3. The lowest BCUT2D eigenvalue weighted by atomic mass is 9.95. The van der Waals surface area contributed by atoms with E-state index in [1.165, 1.54) is 0 Å². The monoisotopic (exact) mass is 419 g/mol. The predicted molar refractivity (Wildman–Crippen MR) is 110 cm³/mol. The Kier molecular flexibility index (Phi) is 4.93. The Morgan fingerprint density at radius 2 is 2.07 bits per heavy atom. The number of carbonyl (C=O) groups is 1. The maximum absolute atomic E-state index is 13.3. The number of rotatable bonds is 3. The quantitative estimate of drug-likeness (QED) is 0.543. The van der Waals surface area contributed by atoms with Gasteiger partial charge >= 0.3 is 5.97 Å². The van der Waals surface area contributed by atoms with Crippen LogP contribution in [0.3, 0.4) is 0 Å². The van der Waals surface area contributed by atoms with Crippen LogP contribution in [0.25, 0.3) is 22.0 Å². The van der Waals surface area contributed by atoms with Gasteiger partial charge in [0, 0.05) is 43.8 Å². The summed E-state index contributed by atoms with van der Waals surface area (Å²) in [4.78, 5) is 27.0. The third-order valence-corrected chi connectivity index (χ3v) is 6.07. The summed E-state index contributed by atoms with van der Waals surface area (Å²) < 4.78 is 6.87. The van der Waals surface area contributed by atoms with Gasteiger partial charge in [0.15, 0.2) is 0 Å². The van der Waals surface area contributed by atoms with Crippen LogP contribution in [0.1, 0.15) is 17.3 Å². The summed E-state index contributed by atoms with van der Waals surface area (Å²) in [6.45, 7) is 2.43. The summed E-state index contributed by atoms with van der Waals surface area (Å²) in [5, 5.41) is 1.66. The van der Waals surface area contributed by atoms with Crippen LogP contribution >= 0.6 is 35.0 Å². The van der Waals surface area contributed by atoms with Crippen LogP contribution in [0.15, 0.2) is 46.1 Å². The Morgan fingerprint density at radius 3 is 2.81 bits per heavy atom. The molecule has 0 N–H and O–H groups in total. The molecule has 0 fully saturated rings. The lowest BCUT2D eigenvalue weighted by Gasteiger charge is -2.23. The van der Waals surface area contributed by atoms with E-state index < -0.39 is 5.97 Å². The van der Waals surface area contributed by atoms with Crippen molar-refractivity contribution in [1.29, 1.82) is 0 Å². The number of thioether (sulfide) groups is 1. The van der Waals surface area contributed by atoms with Crippen molar-refractivity contribution >= 4 is 51.8 Å². The number of aryl methyl sites for hydroxylation is 1. The molecule has 2 aromatic carbocycles. The number of carbonyl (C=O) groups excluding carboxylic acids is 1. The second-order valence-corrected chi connectivity index (χ2v) is 8.03. The number of hydrogen-bond donors (Lipinski definition) is 0. The molecule has 0 unspecified atom stereocenters. The van der Waals surface area contributed by atoms with Crippen LogP contribution in [-0.4, -0.2) is 22.9 Å². The first-order chi connectivity index (χ1) is 13.0. The second kappa shape index (κ2) is 7.23. The molecule has 2 heterocycles. The number of esters is 1. The predicted octanol–water partition coefficient (Wildman–Crippen LogP) is 5.26. The van der Waals surface area contributed by atoms with Crippen molar-refractivity contribution in [3.63, 3.8) is 0 Å². The van der Waals surface area contributed by atoms with Crippen molar-refractivity contribution in [3.05, 3.63) is 62.4 Å². The largest absolute Gasteiger partial charge is 0.462 e. The van der Waals surface area contributed by atoms with Crippen LogP contribution in [0.2, 0.25) is 10.0 Å². The van der Waals surface area contributed by atoms with Crippen LogP contribution in [0, 0.1) is 0 Å². The van der Waals surface area contributed by atoms with E-state index in [0.29, 0.717) is 27.7 Å². The maximum Gasteiger partial charge on any atom is 0.344 e. The number of para-hydroxylation sites is 1. The Balaban J connectivity index is 2.19. The highest BCUT2D eigenvalue weighted by molar-refractivity contribution is 7.99. The molecule has 27 heavy (non-hydrogen) atoms. The summed E-state index contributed by atoms with van der Waals surface area (Å²) >= 11 is 14.2. The number of hydrogen-bond acceptors (Lipinski definition) is 4. The van der Waals surface area contributed by atoms with Crippen molar-refractivity contribution in [2.24, 2.45) is 0 Å². The Hall–Kier alpha value is -1.95. The minimum atomic E-state index is -0.641. The first kappa shape index (κ1) is 18.4. The van der Waals surface area contributed by atoms with Crippen molar-refractivity contribution in [2.75, 3.05) is 12.4 Å². The molecule has 0 saturated heterocycles. The van der Waals surface area contributed by atoms with Crippen LogP contribution in [0.4, 0.5) is 0 Å². The van der Waals surface area contributed by atoms with Gasteiger partial charge in [0.2, 0.25) is 0 Å². The number of aromatic nitrogens is 1. The number of ether oxygens (including phenoxy) is 1. The van der Waals surface area contributed by atoms with Gasteiger partial charge in [-0.15, -0.1) is 11.8 Å². The van der Waals surface area contributed by atoms with Gasteiger partial charge in [-0.05, 0) is 25.1 Å². The van der Waals surface area contributed by atoms with Gasteiger partial charge in [0.25, 0.3) is 5.56 Å². The van der Waals surface area contributed by atoms with Gasteiger partial charge in [-0.1, -0.05) is 41.4 Å². The van der Waals surface area contributed by atoms with E-state index in [2.05, 4.69) is 0 Å². The number of pyridine rings is 1. The van der Waals surface area contributed by atoms with Crippen LogP contribution in [-0.2, 0) is 11.3 Å². The molecule has 3 aromatic rings. The standard InChI is InChI=1S/C20H15Cl2NO3S/c1-2-26-20(25)17-16(12-7-6-11(21)10-14(12)22)13-4-3-5-15-18(13)23(19(17)24)8-9-27-15/h3-7,10H,2,8-9H2,1H3. The molecule has 0 radical (unpaired) electrons. The van der Waals surface area contributed by atoms with E-state index >= 15 is 0 Å². The summed E-state index contributed by atoms with van der Waals surface area (Å²) in [7, 11) is 0. The molecule has 0 spiro atoms. The van der Waals surface area contributed by atoms with Crippen molar-refractivity contribution in [2.45, 2.75) is 18.4 Å². The summed E-state index contributed by atoms with van der Waals surface area (Å²) in [5.41, 5.74) is 1.57. The highest BCUT2D eigenvalue weighted by Gasteiger charge is 2.27. The average Bonchev–Trinajstić information content (AvgIpc) is 2.65. The minimum absolute atomic E-state index is 0.0117. The van der Waals surface area contributed by atoms with Crippen LogP contribution in [0.5, 0.6) is 0 Å². The number of benzene rings is 2. The summed E-state index contributed by atoms with van der Waals surface area (Å²) in [5.74, 6) is 0.132.